The number of aromatic nitrogens is 1. The molecule has 2 amide bonds. The van der Waals surface area contributed by atoms with Crippen molar-refractivity contribution in [2.75, 3.05) is 26.2 Å². The Morgan fingerprint density at radius 2 is 2.00 bits per heavy atom. The topological polar surface area (TPSA) is 56.4 Å². The van der Waals surface area contributed by atoms with Crippen molar-refractivity contribution in [2.24, 2.45) is 5.92 Å². The Hall–Kier alpha value is -1.78. The Balaban J connectivity index is 2.05. The van der Waals surface area contributed by atoms with Crippen LogP contribution >= 0.6 is 0 Å². The number of amides is 2. The summed E-state index contributed by atoms with van der Waals surface area (Å²) in [4.78, 5) is 31.4. The van der Waals surface area contributed by atoms with Crippen LogP contribution in [-0.2, 0) is 4.79 Å². The van der Waals surface area contributed by atoms with Crippen LogP contribution in [0.2, 0.25) is 0 Å². The molecular formula is C16H25N3O2. The summed E-state index contributed by atoms with van der Waals surface area (Å²) < 4.78 is 0. The zero-order valence-corrected chi connectivity index (χ0v) is 13.3. The van der Waals surface area contributed by atoms with Crippen LogP contribution < -0.4 is 0 Å². The molecule has 2 heterocycles. The summed E-state index contributed by atoms with van der Waals surface area (Å²) in [7, 11) is 0. The van der Waals surface area contributed by atoms with Crippen molar-refractivity contribution in [3.8, 4) is 0 Å². The lowest BCUT2D eigenvalue weighted by Crippen LogP contribution is -2.53. The normalized spacial score (nSPS) is 16.2. The Labute approximate surface area is 126 Å². The number of nitrogens with zero attached hydrogens (tertiary/aromatic N) is 2. The van der Waals surface area contributed by atoms with Crippen LogP contribution in [0.4, 0.5) is 0 Å². The minimum absolute atomic E-state index is 0.0440. The zero-order chi connectivity index (χ0) is 15.6. The van der Waals surface area contributed by atoms with Crippen LogP contribution in [0, 0.1) is 5.92 Å². The highest BCUT2D eigenvalue weighted by atomic mass is 16.2. The van der Waals surface area contributed by atoms with E-state index in [0.717, 1.165) is 12.2 Å². The van der Waals surface area contributed by atoms with Gasteiger partial charge in [0.2, 0.25) is 5.91 Å². The lowest BCUT2D eigenvalue weighted by Gasteiger charge is -2.35. The van der Waals surface area contributed by atoms with Gasteiger partial charge in [0.15, 0.2) is 0 Å². The molecule has 0 atom stereocenters. The largest absolute Gasteiger partial charge is 0.364 e. The number of carbonyl (C=O) groups is 2. The Morgan fingerprint density at radius 3 is 2.57 bits per heavy atom. The van der Waals surface area contributed by atoms with E-state index in [4.69, 9.17) is 0 Å². The van der Waals surface area contributed by atoms with Crippen LogP contribution in [0.1, 0.15) is 49.7 Å². The number of nitrogens with one attached hydrogen (secondary N) is 1. The monoisotopic (exact) mass is 291 g/mol. The van der Waals surface area contributed by atoms with Crippen molar-refractivity contribution in [3.63, 3.8) is 0 Å². The zero-order valence-electron chi connectivity index (χ0n) is 13.3. The minimum atomic E-state index is -0.0440. The van der Waals surface area contributed by atoms with Crippen LogP contribution in [0.3, 0.4) is 0 Å². The first-order valence-corrected chi connectivity index (χ1v) is 7.64. The van der Waals surface area contributed by atoms with Gasteiger partial charge in [-0.3, -0.25) is 9.59 Å². The standard InChI is InChI=1S/C16H25N3O2/c1-11(2)9-18-7-8-19(10-14(18)20)16(21)13-5-6-17-15(13)12(3)4/h5-6,11-12,17H,7-10H2,1-4H3. The highest BCUT2D eigenvalue weighted by molar-refractivity contribution is 5.98. The van der Waals surface area contributed by atoms with E-state index in [1.165, 1.54) is 0 Å². The molecule has 0 saturated carbocycles. The maximum atomic E-state index is 12.6. The summed E-state index contributed by atoms with van der Waals surface area (Å²) in [6, 6.07) is 1.81. The van der Waals surface area contributed by atoms with Crippen molar-refractivity contribution >= 4 is 11.8 Å². The number of hydrogen-bond acceptors (Lipinski definition) is 2. The molecule has 0 aromatic carbocycles. The van der Waals surface area contributed by atoms with Crippen LogP contribution in [0.15, 0.2) is 12.3 Å². The predicted molar refractivity (Wildman–Crippen MR) is 82.2 cm³/mol. The molecule has 21 heavy (non-hydrogen) atoms. The molecule has 1 aromatic rings. The summed E-state index contributed by atoms with van der Waals surface area (Å²) in [6.45, 7) is 10.5. The third kappa shape index (κ3) is 3.46. The minimum Gasteiger partial charge on any atom is -0.364 e. The summed E-state index contributed by atoms with van der Waals surface area (Å²) in [6.07, 6.45) is 1.79. The van der Waals surface area contributed by atoms with Gasteiger partial charge in [0.05, 0.1) is 5.56 Å². The van der Waals surface area contributed by atoms with E-state index in [2.05, 4.69) is 18.8 Å². The molecule has 0 spiro atoms. The molecule has 1 fully saturated rings. The average Bonchev–Trinajstić information content (AvgIpc) is 2.89. The third-order valence-corrected chi connectivity index (χ3v) is 3.78. The summed E-state index contributed by atoms with van der Waals surface area (Å²) in [5.74, 6) is 0.715. The molecule has 0 radical (unpaired) electrons. The summed E-state index contributed by atoms with van der Waals surface area (Å²) in [5.41, 5.74) is 1.63. The molecule has 0 unspecified atom stereocenters. The van der Waals surface area contributed by atoms with E-state index in [-0.39, 0.29) is 24.3 Å². The van der Waals surface area contributed by atoms with Gasteiger partial charge < -0.3 is 14.8 Å². The van der Waals surface area contributed by atoms with Gasteiger partial charge in [-0.1, -0.05) is 27.7 Å². The first-order chi connectivity index (χ1) is 9.90. The molecule has 5 heteroatoms. The second kappa shape index (κ2) is 6.33. The molecule has 0 bridgehead atoms. The summed E-state index contributed by atoms with van der Waals surface area (Å²) >= 11 is 0. The average molecular weight is 291 g/mol. The number of piperazine rings is 1. The molecule has 1 saturated heterocycles. The molecule has 116 valence electrons. The van der Waals surface area contributed by atoms with Gasteiger partial charge in [-0.15, -0.1) is 0 Å². The van der Waals surface area contributed by atoms with Gasteiger partial charge in [0.1, 0.15) is 6.54 Å². The van der Waals surface area contributed by atoms with Gasteiger partial charge in [-0.25, -0.2) is 0 Å². The fraction of sp³-hybridized carbons (Fsp3) is 0.625. The lowest BCUT2D eigenvalue weighted by molar-refractivity contribution is -0.135. The number of hydrogen-bond donors (Lipinski definition) is 1. The second-order valence-electron chi connectivity index (χ2n) is 6.42. The predicted octanol–water partition coefficient (Wildman–Crippen LogP) is 2.08. The van der Waals surface area contributed by atoms with Crippen molar-refractivity contribution < 1.29 is 9.59 Å². The Kier molecular flexibility index (Phi) is 4.70. The van der Waals surface area contributed by atoms with Crippen molar-refractivity contribution in [1.82, 2.24) is 14.8 Å². The highest BCUT2D eigenvalue weighted by Crippen LogP contribution is 2.20. The second-order valence-corrected chi connectivity index (χ2v) is 6.42. The number of carbonyl (C=O) groups excluding carboxylic acids is 2. The van der Waals surface area contributed by atoms with Crippen LogP contribution in [0.5, 0.6) is 0 Å². The van der Waals surface area contributed by atoms with Crippen molar-refractivity contribution in [2.45, 2.75) is 33.6 Å². The third-order valence-electron chi connectivity index (χ3n) is 3.78. The van der Waals surface area contributed by atoms with Crippen LogP contribution in [0.25, 0.3) is 0 Å². The molecular weight excluding hydrogens is 266 g/mol. The number of H-pyrrole nitrogens is 1. The smallest absolute Gasteiger partial charge is 0.256 e. The first kappa shape index (κ1) is 15.6. The molecule has 0 aliphatic carbocycles. The van der Waals surface area contributed by atoms with E-state index in [9.17, 15) is 9.59 Å². The molecule has 1 aliphatic rings. The molecule has 2 rings (SSSR count). The number of rotatable bonds is 4. The van der Waals surface area contributed by atoms with E-state index >= 15 is 0 Å². The Bertz CT molecular complexity index is 519. The Morgan fingerprint density at radius 1 is 1.29 bits per heavy atom. The fourth-order valence-electron chi connectivity index (χ4n) is 2.73. The lowest BCUT2D eigenvalue weighted by atomic mass is 10.0. The maximum absolute atomic E-state index is 12.6. The fourth-order valence-corrected chi connectivity index (χ4v) is 2.73. The maximum Gasteiger partial charge on any atom is 0.256 e. The van der Waals surface area contributed by atoms with E-state index in [0.29, 0.717) is 24.6 Å². The van der Waals surface area contributed by atoms with E-state index in [1.54, 1.807) is 11.1 Å². The first-order valence-electron chi connectivity index (χ1n) is 7.64. The summed E-state index contributed by atoms with van der Waals surface area (Å²) in [5, 5.41) is 0. The van der Waals surface area contributed by atoms with Gasteiger partial charge in [-0.05, 0) is 17.9 Å². The van der Waals surface area contributed by atoms with Gasteiger partial charge in [0, 0.05) is 31.5 Å². The molecule has 1 aliphatic heterocycles. The molecule has 1 aromatic heterocycles. The van der Waals surface area contributed by atoms with Crippen molar-refractivity contribution in [3.05, 3.63) is 23.5 Å². The van der Waals surface area contributed by atoms with E-state index in [1.807, 2.05) is 24.8 Å². The van der Waals surface area contributed by atoms with Gasteiger partial charge >= 0.3 is 0 Å². The highest BCUT2D eigenvalue weighted by Gasteiger charge is 2.29. The van der Waals surface area contributed by atoms with E-state index < -0.39 is 0 Å². The SMILES string of the molecule is CC(C)CN1CCN(C(=O)c2cc[nH]c2C(C)C)CC1=O. The number of aromatic amines is 1. The molecule has 1 N–H and O–H groups in total. The van der Waals surface area contributed by atoms with Crippen LogP contribution in [-0.4, -0.2) is 52.8 Å². The van der Waals surface area contributed by atoms with Crippen molar-refractivity contribution in [1.29, 1.82) is 0 Å². The molecule has 5 nitrogen and oxygen atoms in total. The van der Waals surface area contributed by atoms with Gasteiger partial charge in [0.25, 0.3) is 5.91 Å². The quantitative estimate of drug-likeness (QED) is 0.923. The van der Waals surface area contributed by atoms with Gasteiger partial charge in [-0.2, -0.15) is 0 Å².